The SMILES string of the molecule is Cl.NC(=O)COc1cccc2c1C(=O)N(C1CCC(=O)NC1=O)C2=O. The third-order valence-corrected chi connectivity index (χ3v) is 3.80. The van der Waals surface area contributed by atoms with Crippen LogP contribution in [-0.2, 0) is 14.4 Å². The minimum Gasteiger partial charge on any atom is -0.483 e. The van der Waals surface area contributed by atoms with Crippen LogP contribution in [0.25, 0.3) is 0 Å². The molecular weight excluding hydrogens is 354 g/mol. The summed E-state index contributed by atoms with van der Waals surface area (Å²) in [5, 5.41) is 2.11. The largest absolute Gasteiger partial charge is 0.483 e. The van der Waals surface area contributed by atoms with E-state index in [0.29, 0.717) is 0 Å². The second-order valence-corrected chi connectivity index (χ2v) is 5.38. The van der Waals surface area contributed by atoms with Gasteiger partial charge >= 0.3 is 0 Å². The molecule has 25 heavy (non-hydrogen) atoms. The Morgan fingerprint density at radius 2 is 1.96 bits per heavy atom. The molecule has 0 saturated carbocycles. The van der Waals surface area contributed by atoms with Gasteiger partial charge < -0.3 is 10.5 Å². The molecule has 1 fully saturated rings. The molecule has 5 amide bonds. The summed E-state index contributed by atoms with van der Waals surface area (Å²) in [6.45, 7) is -0.448. The third-order valence-electron chi connectivity index (χ3n) is 3.80. The van der Waals surface area contributed by atoms with Crippen molar-refractivity contribution in [2.45, 2.75) is 18.9 Å². The monoisotopic (exact) mass is 367 g/mol. The van der Waals surface area contributed by atoms with Gasteiger partial charge in [0.2, 0.25) is 11.8 Å². The van der Waals surface area contributed by atoms with E-state index in [1.54, 1.807) is 0 Å². The summed E-state index contributed by atoms with van der Waals surface area (Å²) in [6, 6.07) is 3.30. The van der Waals surface area contributed by atoms with Crippen molar-refractivity contribution in [2.75, 3.05) is 6.61 Å². The van der Waals surface area contributed by atoms with Gasteiger partial charge in [0.05, 0.1) is 11.1 Å². The number of carbonyl (C=O) groups is 5. The Bertz CT molecular complexity index is 793. The number of carbonyl (C=O) groups excluding carboxylic acids is 5. The molecule has 9 nitrogen and oxygen atoms in total. The maximum Gasteiger partial charge on any atom is 0.266 e. The van der Waals surface area contributed by atoms with Crippen LogP contribution in [0.3, 0.4) is 0 Å². The first kappa shape index (κ1) is 18.4. The highest BCUT2D eigenvalue weighted by Crippen LogP contribution is 2.33. The normalized spacial score (nSPS) is 19.2. The van der Waals surface area contributed by atoms with Gasteiger partial charge in [-0.3, -0.25) is 34.2 Å². The van der Waals surface area contributed by atoms with Crippen molar-refractivity contribution in [3.8, 4) is 5.75 Å². The quantitative estimate of drug-likeness (QED) is 0.680. The van der Waals surface area contributed by atoms with Crippen LogP contribution >= 0.6 is 12.4 Å². The van der Waals surface area contributed by atoms with Crippen molar-refractivity contribution in [3.05, 3.63) is 29.3 Å². The standard InChI is InChI=1S/C15H13N3O6.ClH/c16-10(19)6-24-9-3-1-2-7-12(9)15(23)18(14(7)22)8-4-5-11(20)17-13(8)21;/h1-3,8H,4-6H2,(H2,16,19)(H,17,20,21);1H. The third kappa shape index (κ3) is 3.18. The minimum absolute atomic E-state index is 0. The number of fused-ring (bicyclic) bond motifs is 1. The Morgan fingerprint density at radius 1 is 1.24 bits per heavy atom. The van der Waals surface area contributed by atoms with Gasteiger partial charge in [-0.15, -0.1) is 12.4 Å². The lowest BCUT2D eigenvalue weighted by Crippen LogP contribution is -2.54. The predicted octanol–water partition coefficient (Wildman–Crippen LogP) is -0.626. The van der Waals surface area contributed by atoms with Gasteiger partial charge in [0.15, 0.2) is 6.61 Å². The molecule has 1 aromatic carbocycles. The van der Waals surface area contributed by atoms with Gasteiger partial charge in [-0.1, -0.05) is 6.07 Å². The summed E-state index contributed by atoms with van der Waals surface area (Å²) in [5.74, 6) is -3.18. The van der Waals surface area contributed by atoms with E-state index in [1.165, 1.54) is 18.2 Å². The van der Waals surface area contributed by atoms with E-state index in [2.05, 4.69) is 5.32 Å². The average Bonchev–Trinajstić information content (AvgIpc) is 2.78. The fourth-order valence-corrected chi connectivity index (χ4v) is 2.75. The summed E-state index contributed by atoms with van der Waals surface area (Å²) in [5.41, 5.74) is 5.07. The second kappa shape index (κ2) is 6.89. The fraction of sp³-hybridized carbons (Fsp3) is 0.267. The number of hydrogen-bond acceptors (Lipinski definition) is 6. The number of imide groups is 2. The topological polar surface area (TPSA) is 136 Å². The fourth-order valence-electron chi connectivity index (χ4n) is 2.75. The summed E-state index contributed by atoms with van der Waals surface area (Å²) < 4.78 is 5.18. The van der Waals surface area contributed by atoms with Crippen LogP contribution in [-0.4, -0.2) is 47.1 Å². The van der Waals surface area contributed by atoms with Crippen molar-refractivity contribution in [1.82, 2.24) is 10.2 Å². The van der Waals surface area contributed by atoms with Crippen LogP contribution in [0.15, 0.2) is 18.2 Å². The summed E-state index contributed by atoms with van der Waals surface area (Å²) >= 11 is 0. The number of halogens is 1. The van der Waals surface area contributed by atoms with Gasteiger partial charge in [-0.25, -0.2) is 0 Å². The van der Waals surface area contributed by atoms with Crippen LogP contribution in [0.4, 0.5) is 0 Å². The average molecular weight is 368 g/mol. The lowest BCUT2D eigenvalue weighted by molar-refractivity contribution is -0.136. The Morgan fingerprint density at radius 3 is 2.60 bits per heavy atom. The first-order valence-corrected chi connectivity index (χ1v) is 7.16. The van der Waals surface area contributed by atoms with Gasteiger partial charge in [0.25, 0.3) is 17.7 Å². The summed E-state index contributed by atoms with van der Waals surface area (Å²) in [6.07, 6.45) is 0.0997. The molecule has 0 aromatic heterocycles. The molecule has 0 radical (unpaired) electrons. The number of benzene rings is 1. The zero-order valence-electron chi connectivity index (χ0n) is 12.8. The molecule has 3 N–H and O–H groups in total. The van der Waals surface area contributed by atoms with E-state index in [4.69, 9.17) is 10.5 Å². The maximum absolute atomic E-state index is 12.6. The molecule has 2 heterocycles. The predicted molar refractivity (Wildman–Crippen MR) is 85.1 cm³/mol. The van der Waals surface area contributed by atoms with E-state index < -0.39 is 42.2 Å². The Labute approximate surface area is 147 Å². The van der Waals surface area contributed by atoms with Crippen molar-refractivity contribution < 1.29 is 28.7 Å². The van der Waals surface area contributed by atoms with E-state index in [0.717, 1.165) is 4.90 Å². The smallest absolute Gasteiger partial charge is 0.266 e. The van der Waals surface area contributed by atoms with Crippen LogP contribution in [0.1, 0.15) is 33.6 Å². The molecule has 0 spiro atoms. The van der Waals surface area contributed by atoms with E-state index >= 15 is 0 Å². The molecule has 132 valence electrons. The number of hydrogen-bond donors (Lipinski definition) is 2. The zero-order valence-corrected chi connectivity index (χ0v) is 13.6. The van der Waals surface area contributed by atoms with Gasteiger partial charge in [0, 0.05) is 6.42 Å². The molecule has 10 heteroatoms. The molecule has 1 atom stereocenters. The van der Waals surface area contributed by atoms with E-state index in [1.807, 2.05) is 0 Å². The number of nitrogens with zero attached hydrogens (tertiary/aromatic N) is 1. The summed E-state index contributed by atoms with van der Waals surface area (Å²) in [4.78, 5) is 60.0. The van der Waals surface area contributed by atoms with Crippen LogP contribution in [0.2, 0.25) is 0 Å². The number of primary amides is 1. The maximum atomic E-state index is 12.6. The highest BCUT2D eigenvalue weighted by Gasteiger charge is 2.45. The lowest BCUT2D eigenvalue weighted by atomic mass is 10.0. The van der Waals surface area contributed by atoms with Gasteiger partial charge in [-0.05, 0) is 18.6 Å². The number of nitrogens with one attached hydrogen (secondary N) is 1. The molecule has 0 aliphatic carbocycles. The number of amides is 5. The molecule has 1 saturated heterocycles. The van der Waals surface area contributed by atoms with Crippen LogP contribution in [0, 0.1) is 0 Å². The molecule has 2 aliphatic heterocycles. The van der Waals surface area contributed by atoms with Gasteiger partial charge in [0.1, 0.15) is 11.8 Å². The number of rotatable bonds is 4. The lowest BCUT2D eigenvalue weighted by Gasteiger charge is -2.27. The first-order chi connectivity index (χ1) is 11.4. The summed E-state index contributed by atoms with van der Waals surface area (Å²) in [7, 11) is 0. The van der Waals surface area contributed by atoms with E-state index in [9.17, 15) is 24.0 Å². The minimum atomic E-state index is -1.06. The van der Waals surface area contributed by atoms with Crippen LogP contribution < -0.4 is 15.8 Å². The van der Waals surface area contributed by atoms with Crippen molar-refractivity contribution in [3.63, 3.8) is 0 Å². The van der Waals surface area contributed by atoms with Crippen LogP contribution in [0.5, 0.6) is 5.75 Å². The molecule has 2 aliphatic rings. The molecule has 1 unspecified atom stereocenters. The highest BCUT2D eigenvalue weighted by atomic mass is 35.5. The number of nitrogens with two attached hydrogens (primary N) is 1. The molecule has 1 aromatic rings. The Kier molecular flexibility index (Phi) is 5.07. The number of piperidine rings is 1. The Hall–Kier alpha value is -2.94. The number of ether oxygens (including phenoxy) is 1. The Balaban J connectivity index is 0.00000225. The zero-order chi connectivity index (χ0) is 17.4. The van der Waals surface area contributed by atoms with Crippen molar-refractivity contribution in [1.29, 1.82) is 0 Å². The highest BCUT2D eigenvalue weighted by molar-refractivity contribution is 6.24. The molecule has 3 rings (SSSR count). The second-order valence-electron chi connectivity index (χ2n) is 5.38. The molecule has 0 bridgehead atoms. The van der Waals surface area contributed by atoms with E-state index in [-0.39, 0.29) is 42.1 Å². The first-order valence-electron chi connectivity index (χ1n) is 7.16. The van der Waals surface area contributed by atoms with Crippen molar-refractivity contribution in [2.24, 2.45) is 5.73 Å². The van der Waals surface area contributed by atoms with Crippen molar-refractivity contribution >= 4 is 41.9 Å². The van der Waals surface area contributed by atoms with Gasteiger partial charge in [-0.2, -0.15) is 0 Å². The molecular formula is C15H14ClN3O6.